The highest BCUT2D eigenvalue weighted by atomic mass is 79.9. The standard InChI is InChI=1S/C6H12BrCl2O3P/c7-5-3-1-2-4-6-11-12-13(8,9)10/h1-6H2. The van der Waals surface area contributed by atoms with Gasteiger partial charge in [0.1, 0.15) is 0 Å². The topological polar surface area (TPSA) is 35.5 Å². The lowest BCUT2D eigenvalue weighted by atomic mass is 10.2. The van der Waals surface area contributed by atoms with E-state index in [0.717, 1.165) is 31.0 Å². The Balaban J connectivity index is 3.04. The van der Waals surface area contributed by atoms with Crippen LogP contribution in [-0.2, 0) is 14.1 Å². The van der Waals surface area contributed by atoms with Gasteiger partial charge in [-0.25, -0.2) is 4.89 Å². The van der Waals surface area contributed by atoms with Gasteiger partial charge < -0.3 is 0 Å². The quantitative estimate of drug-likeness (QED) is 0.218. The molecular formula is C6H12BrCl2O3P. The minimum atomic E-state index is -3.51. The van der Waals surface area contributed by atoms with Gasteiger partial charge in [0, 0.05) is 5.33 Å². The molecular weight excluding hydrogens is 302 g/mol. The summed E-state index contributed by atoms with van der Waals surface area (Å²) in [5.74, 6) is 0. The lowest BCUT2D eigenvalue weighted by molar-refractivity contribution is -0.201. The van der Waals surface area contributed by atoms with E-state index >= 15 is 0 Å². The Morgan fingerprint density at radius 1 is 1.15 bits per heavy atom. The van der Waals surface area contributed by atoms with Gasteiger partial charge in [-0.05, 0) is 35.3 Å². The third-order valence-electron chi connectivity index (χ3n) is 1.25. The summed E-state index contributed by atoms with van der Waals surface area (Å²) in [6.07, 6.45) is 0.657. The summed E-state index contributed by atoms with van der Waals surface area (Å²) in [5.41, 5.74) is 0. The summed E-state index contributed by atoms with van der Waals surface area (Å²) in [6, 6.07) is 0. The fourth-order valence-electron chi connectivity index (χ4n) is 0.708. The first-order valence-corrected chi connectivity index (χ1v) is 8.48. The first kappa shape index (κ1) is 14.2. The fraction of sp³-hybridized carbons (Fsp3) is 1.00. The lowest BCUT2D eigenvalue weighted by Gasteiger charge is -2.03. The van der Waals surface area contributed by atoms with Gasteiger partial charge in [0.25, 0.3) is 0 Å². The van der Waals surface area contributed by atoms with Gasteiger partial charge in [-0.3, -0.25) is 4.57 Å². The van der Waals surface area contributed by atoms with Crippen molar-refractivity contribution < 1.29 is 14.1 Å². The maximum atomic E-state index is 10.5. The van der Waals surface area contributed by atoms with Crippen molar-refractivity contribution in [3.05, 3.63) is 0 Å². The van der Waals surface area contributed by atoms with E-state index < -0.39 is 6.07 Å². The van der Waals surface area contributed by atoms with Crippen LogP contribution in [0.3, 0.4) is 0 Å². The number of hydrogen-bond acceptors (Lipinski definition) is 3. The Morgan fingerprint density at radius 2 is 1.77 bits per heavy atom. The van der Waals surface area contributed by atoms with Crippen molar-refractivity contribution in [2.24, 2.45) is 0 Å². The second kappa shape index (κ2) is 8.51. The third kappa shape index (κ3) is 13.2. The average molecular weight is 314 g/mol. The molecule has 0 heterocycles. The average Bonchev–Trinajstić information content (AvgIpc) is 2.01. The van der Waals surface area contributed by atoms with Crippen molar-refractivity contribution in [3.8, 4) is 0 Å². The van der Waals surface area contributed by atoms with Crippen LogP contribution in [0.1, 0.15) is 25.7 Å². The lowest BCUT2D eigenvalue weighted by Crippen LogP contribution is -1.92. The molecule has 0 atom stereocenters. The van der Waals surface area contributed by atoms with E-state index in [0.29, 0.717) is 6.61 Å². The third-order valence-corrected chi connectivity index (χ3v) is 2.43. The molecule has 0 saturated heterocycles. The summed E-state index contributed by atoms with van der Waals surface area (Å²) >= 11 is 13.5. The second-order valence-electron chi connectivity index (χ2n) is 2.41. The summed E-state index contributed by atoms with van der Waals surface area (Å²) in [5, 5.41) is 1.02. The molecule has 0 aliphatic rings. The molecule has 0 saturated carbocycles. The van der Waals surface area contributed by atoms with E-state index in [-0.39, 0.29) is 0 Å². The molecule has 0 amide bonds. The highest BCUT2D eigenvalue weighted by Gasteiger charge is 2.14. The maximum Gasteiger partial charge on any atom is 0.406 e. The molecule has 0 aliphatic heterocycles. The number of alkyl halides is 1. The minimum Gasteiger partial charge on any atom is -0.254 e. The highest BCUT2D eigenvalue weighted by molar-refractivity contribution is 9.09. The normalized spacial score (nSPS) is 11.9. The predicted octanol–water partition coefficient (Wildman–Crippen LogP) is 4.48. The van der Waals surface area contributed by atoms with E-state index in [1.165, 1.54) is 0 Å². The molecule has 80 valence electrons. The summed E-state index contributed by atoms with van der Waals surface area (Å²) in [4.78, 5) is 4.54. The molecule has 0 aromatic carbocycles. The first-order valence-electron chi connectivity index (χ1n) is 3.93. The molecule has 0 aromatic rings. The molecule has 0 N–H and O–H groups in total. The van der Waals surface area contributed by atoms with Crippen LogP contribution in [0.2, 0.25) is 0 Å². The van der Waals surface area contributed by atoms with Crippen molar-refractivity contribution in [2.45, 2.75) is 25.7 Å². The van der Waals surface area contributed by atoms with Gasteiger partial charge in [-0.1, -0.05) is 28.8 Å². The molecule has 0 unspecified atom stereocenters. The largest absolute Gasteiger partial charge is 0.406 e. The number of rotatable bonds is 8. The molecule has 13 heavy (non-hydrogen) atoms. The summed E-state index contributed by atoms with van der Waals surface area (Å²) in [7, 11) is 0. The molecule has 0 fully saturated rings. The molecule has 0 radical (unpaired) electrons. The van der Waals surface area contributed by atoms with Crippen LogP contribution in [0.4, 0.5) is 0 Å². The van der Waals surface area contributed by atoms with Crippen molar-refractivity contribution >= 4 is 44.5 Å². The zero-order chi connectivity index (χ0) is 10.2. The van der Waals surface area contributed by atoms with Gasteiger partial charge >= 0.3 is 6.07 Å². The Bertz CT molecular complexity index is 164. The molecule has 0 bridgehead atoms. The molecule has 3 nitrogen and oxygen atoms in total. The van der Waals surface area contributed by atoms with Crippen molar-refractivity contribution in [1.82, 2.24) is 0 Å². The van der Waals surface area contributed by atoms with E-state index in [1.807, 2.05) is 0 Å². The van der Waals surface area contributed by atoms with E-state index in [4.69, 9.17) is 22.5 Å². The monoisotopic (exact) mass is 312 g/mol. The highest BCUT2D eigenvalue weighted by Crippen LogP contribution is 2.57. The smallest absolute Gasteiger partial charge is 0.254 e. The molecule has 0 rings (SSSR count). The predicted molar refractivity (Wildman–Crippen MR) is 58.6 cm³/mol. The maximum absolute atomic E-state index is 10.5. The van der Waals surface area contributed by atoms with Crippen molar-refractivity contribution in [2.75, 3.05) is 11.9 Å². The zero-order valence-corrected chi connectivity index (χ0v) is 11.0. The zero-order valence-electron chi connectivity index (χ0n) is 7.05. The Morgan fingerprint density at radius 3 is 2.31 bits per heavy atom. The molecule has 0 aromatic heterocycles. The number of hydrogen-bond donors (Lipinski definition) is 0. The molecule has 0 spiro atoms. The number of halogens is 3. The number of unbranched alkanes of at least 4 members (excludes halogenated alkanes) is 3. The van der Waals surface area contributed by atoms with Gasteiger partial charge in [0.15, 0.2) is 0 Å². The van der Waals surface area contributed by atoms with Crippen molar-refractivity contribution in [3.63, 3.8) is 0 Å². The van der Waals surface area contributed by atoms with Crippen LogP contribution >= 0.6 is 44.5 Å². The van der Waals surface area contributed by atoms with Crippen LogP contribution in [0.25, 0.3) is 0 Å². The van der Waals surface area contributed by atoms with E-state index in [2.05, 4.69) is 25.5 Å². The van der Waals surface area contributed by atoms with Gasteiger partial charge in [0.05, 0.1) is 6.61 Å². The Hall–Kier alpha value is 1.21. The van der Waals surface area contributed by atoms with Gasteiger partial charge in [-0.15, -0.1) is 4.67 Å². The first-order chi connectivity index (χ1) is 6.06. The van der Waals surface area contributed by atoms with E-state index in [9.17, 15) is 4.57 Å². The van der Waals surface area contributed by atoms with Crippen molar-refractivity contribution in [1.29, 1.82) is 0 Å². The van der Waals surface area contributed by atoms with Crippen LogP contribution < -0.4 is 0 Å². The molecule has 7 heteroatoms. The van der Waals surface area contributed by atoms with Crippen LogP contribution in [0.5, 0.6) is 0 Å². The summed E-state index contributed by atoms with van der Waals surface area (Å²) < 4.78 is 14.7. The fourth-order valence-corrected chi connectivity index (χ4v) is 1.54. The SMILES string of the molecule is O=P(Cl)(Cl)OOCCCCCCBr. The Kier molecular flexibility index (Phi) is 9.31. The summed E-state index contributed by atoms with van der Waals surface area (Å²) in [6.45, 7) is 0.367. The van der Waals surface area contributed by atoms with Gasteiger partial charge in [0.2, 0.25) is 0 Å². The minimum absolute atomic E-state index is 0.367. The van der Waals surface area contributed by atoms with Crippen LogP contribution in [0.15, 0.2) is 0 Å². The van der Waals surface area contributed by atoms with Crippen LogP contribution in [-0.4, -0.2) is 11.9 Å². The van der Waals surface area contributed by atoms with Gasteiger partial charge in [-0.2, -0.15) is 0 Å². The Labute approximate surface area is 96.2 Å². The van der Waals surface area contributed by atoms with Crippen LogP contribution in [0, 0.1) is 0 Å². The van der Waals surface area contributed by atoms with E-state index in [1.54, 1.807) is 0 Å². The second-order valence-corrected chi connectivity index (χ2v) is 7.37. The molecule has 0 aliphatic carbocycles.